The highest BCUT2D eigenvalue weighted by Gasteiger charge is 2.18. The number of nitrogens with zero attached hydrogens (tertiary/aromatic N) is 3. The smallest absolute Gasteiger partial charge is 0.323 e. The molecule has 0 bridgehead atoms. The normalized spacial score (nSPS) is 13.9. The number of benzene rings is 1. The van der Waals surface area contributed by atoms with Crippen LogP contribution in [-0.2, 0) is 0 Å². The van der Waals surface area contributed by atoms with E-state index in [1.165, 1.54) is 18.3 Å². The second kappa shape index (κ2) is 10.7. The summed E-state index contributed by atoms with van der Waals surface area (Å²) in [4.78, 5) is 22.0. The van der Waals surface area contributed by atoms with E-state index in [9.17, 15) is 4.79 Å². The highest BCUT2D eigenvalue weighted by Crippen LogP contribution is 2.16. The third-order valence-electron chi connectivity index (χ3n) is 4.50. The summed E-state index contributed by atoms with van der Waals surface area (Å²) in [5, 5.41) is 18.6. The van der Waals surface area contributed by atoms with Crippen LogP contribution in [0.1, 0.15) is 19.8 Å². The molecule has 0 saturated carbocycles. The molecule has 162 valence electrons. The topological polar surface area (TPSA) is 141 Å². The number of carbonyl (C=O) groups excluding carboxylic acids is 1. The number of amidine groups is 2. The van der Waals surface area contributed by atoms with E-state index in [1.54, 1.807) is 17.0 Å². The molecule has 31 heavy (non-hydrogen) atoms. The maximum absolute atomic E-state index is 12.2. The number of hydrogen-bond donors (Lipinski definition) is 4. The summed E-state index contributed by atoms with van der Waals surface area (Å²) in [7, 11) is 0. The van der Waals surface area contributed by atoms with Crippen molar-refractivity contribution in [3.8, 4) is 5.75 Å². The third-order valence-corrected chi connectivity index (χ3v) is 4.50. The van der Waals surface area contributed by atoms with Gasteiger partial charge in [0.15, 0.2) is 0 Å². The first-order valence-electron chi connectivity index (χ1n) is 9.89. The van der Waals surface area contributed by atoms with Crippen LogP contribution in [0.2, 0.25) is 0 Å². The first kappa shape index (κ1) is 21.7. The van der Waals surface area contributed by atoms with Gasteiger partial charge in [-0.1, -0.05) is 30.3 Å². The molecule has 1 aromatic carbocycles. The van der Waals surface area contributed by atoms with Crippen LogP contribution in [0.3, 0.4) is 0 Å². The Bertz CT molecular complexity index is 1000. The minimum Gasteiger partial charge on any atom is -0.486 e. The summed E-state index contributed by atoms with van der Waals surface area (Å²) < 4.78 is 5.59. The van der Waals surface area contributed by atoms with Crippen molar-refractivity contribution < 1.29 is 11.0 Å². The van der Waals surface area contributed by atoms with Crippen LogP contribution in [0.25, 0.3) is 0 Å². The monoisotopic (exact) mass is 421 g/mol. The fraction of sp³-hybridized carbons (Fsp3) is 0.227. The quantitative estimate of drug-likeness (QED) is 0.402. The van der Waals surface area contributed by atoms with Gasteiger partial charge < -0.3 is 20.8 Å². The van der Waals surface area contributed by atoms with Gasteiger partial charge in [-0.3, -0.25) is 10.7 Å². The molecule has 1 aromatic heterocycles. The molecule has 9 heteroatoms. The third kappa shape index (κ3) is 6.77. The minimum atomic E-state index is -0.176. The number of carbonyl (C=O) groups is 1. The molecule has 1 aliphatic heterocycles. The van der Waals surface area contributed by atoms with E-state index in [-0.39, 0.29) is 31.4 Å². The van der Waals surface area contributed by atoms with Gasteiger partial charge in [0, 0.05) is 26.8 Å². The van der Waals surface area contributed by atoms with Crippen LogP contribution in [0.15, 0.2) is 65.8 Å². The number of aliphatic imine (C=N–C) groups is 1. The van der Waals surface area contributed by atoms with E-state index in [0.29, 0.717) is 11.6 Å². The number of amides is 2. The zero-order valence-corrected chi connectivity index (χ0v) is 17.0. The number of aromatic nitrogens is 1. The van der Waals surface area contributed by atoms with Gasteiger partial charge in [0.1, 0.15) is 29.8 Å². The van der Waals surface area contributed by atoms with Crippen LogP contribution in [0.4, 0.5) is 10.6 Å². The Morgan fingerprint density at radius 2 is 1.97 bits per heavy atom. The SMILES string of the molecule is N=C(/C=C\C(=N)c1ccccc1)N=C(N)COc1ccnc(NC(=O)N2CCCC2)c1.[HH]. The lowest BCUT2D eigenvalue weighted by atomic mass is 10.1. The fourth-order valence-corrected chi connectivity index (χ4v) is 2.94. The predicted octanol–water partition coefficient (Wildman–Crippen LogP) is 3.29. The summed E-state index contributed by atoms with van der Waals surface area (Å²) in [5.74, 6) is 0.883. The van der Waals surface area contributed by atoms with Gasteiger partial charge in [0.05, 0.1) is 5.71 Å². The van der Waals surface area contributed by atoms with E-state index in [1.807, 2.05) is 30.3 Å². The Balaban J connectivity index is 0.00000363. The van der Waals surface area contributed by atoms with E-state index in [4.69, 9.17) is 21.3 Å². The standard InChI is InChI=1S/C22H25N7O2.H2/c23-18(16-6-2-1-3-7-16)8-9-19(24)27-20(25)15-31-17-10-11-26-21(14-17)28-22(30)29-12-4-5-13-29;/h1-3,6-11,14,23H,4-5,12-13,15H2,(H3,24,25,27)(H,26,28,30);1H/b9-8-,23-18?;. The summed E-state index contributed by atoms with van der Waals surface area (Å²) in [6, 6.07) is 12.3. The van der Waals surface area contributed by atoms with Crippen LogP contribution in [-0.4, -0.2) is 53.0 Å². The van der Waals surface area contributed by atoms with Gasteiger partial charge >= 0.3 is 6.03 Å². The van der Waals surface area contributed by atoms with Gasteiger partial charge in [0.25, 0.3) is 0 Å². The molecule has 3 rings (SSSR count). The second-order valence-electron chi connectivity index (χ2n) is 6.89. The maximum Gasteiger partial charge on any atom is 0.323 e. The summed E-state index contributed by atoms with van der Waals surface area (Å²) in [5.41, 5.74) is 6.87. The summed E-state index contributed by atoms with van der Waals surface area (Å²) in [6.45, 7) is 1.47. The Hall–Kier alpha value is -4.01. The van der Waals surface area contributed by atoms with Crippen molar-refractivity contribution in [3.63, 3.8) is 0 Å². The molecule has 0 spiro atoms. The number of allylic oxidation sites excluding steroid dienone is 1. The van der Waals surface area contributed by atoms with Gasteiger partial charge in [-0.15, -0.1) is 0 Å². The van der Waals surface area contributed by atoms with Crippen molar-refractivity contribution in [1.29, 1.82) is 10.8 Å². The molecule has 1 aliphatic rings. The van der Waals surface area contributed by atoms with Crippen molar-refractivity contribution in [2.75, 3.05) is 25.0 Å². The minimum absolute atomic E-state index is 0. The zero-order chi connectivity index (χ0) is 22.1. The van der Waals surface area contributed by atoms with Crippen LogP contribution in [0.5, 0.6) is 5.75 Å². The summed E-state index contributed by atoms with van der Waals surface area (Å²) in [6.07, 6.45) is 6.46. The lowest BCUT2D eigenvalue weighted by Gasteiger charge is -2.16. The number of urea groups is 1. The molecular formula is C22H27N7O2. The van der Waals surface area contributed by atoms with Crippen molar-refractivity contribution in [3.05, 3.63) is 66.4 Å². The van der Waals surface area contributed by atoms with Crippen LogP contribution in [0, 0.1) is 10.8 Å². The molecule has 0 atom stereocenters. The van der Waals surface area contributed by atoms with Crippen molar-refractivity contribution in [1.82, 2.24) is 9.88 Å². The molecule has 9 nitrogen and oxygen atoms in total. The number of anilines is 1. The Kier molecular flexibility index (Phi) is 7.47. The van der Waals surface area contributed by atoms with E-state index in [2.05, 4.69) is 15.3 Å². The molecule has 0 unspecified atom stereocenters. The van der Waals surface area contributed by atoms with E-state index >= 15 is 0 Å². The molecule has 1 fully saturated rings. The first-order valence-corrected chi connectivity index (χ1v) is 9.89. The number of nitrogens with one attached hydrogen (secondary N) is 3. The van der Waals surface area contributed by atoms with Crippen molar-refractivity contribution in [2.45, 2.75) is 12.8 Å². The van der Waals surface area contributed by atoms with Crippen molar-refractivity contribution in [2.24, 2.45) is 10.7 Å². The molecule has 5 N–H and O–H groups in total. The highest BCUT2D eigenvalue weighted by atomic mass is 16.5. The Morgan fingerprint density at radius 1 is 1.23 bits per heavy atom. The number of hydrogen-bond acceptors (Lipinski definition) is 5. The fourth-order valence-electron chi connectivity index (χ4n) is 2.94. The van der Waals surface area contributed by atoms with Gasteiger partial charge in [-0.25, -0.2) is 14.8 Å². The average Bonchev–Trinajstić information content (AvgIpc) is 3.32. The molecule has 0 radical (unpaired) electrons. The Labute approximate surface area is 182 Å². The molecular weight excluding hydrogens is 394 g/mol. The summed E-state index contributed by atoms with van der Waals surface area (Å²) >= 11 is 0. The van der Waals surface area contributed by atoms with Gasteiger partial charge in [-0.2, -0.15) is 0 Å². The zero-order valence-electron chi connectivity index (χ0n) is 17.0. The largest absolute Gasteiger partial charge is 0.486 e. The first-order chi connectivity index (χ1) is 15.0. The second-order valence-corrected chi connectivity index (χ2v) is 6.89. The predicted molar refractivity (Wildman–Crippen MR) is 123 cm³/mol. The van der Waals surface area contributed by atoms with E-state index in [0.717, 1.165) is 31.5 Å². The van der Waals surface area contributed by atoms with Crippen LogP contribution >= 0.6 is 0 Å². The Morgan fingerprint density at radius 3 is 2.71 bits per heavy atom. The number of ether oxygens (including phenoxy) is 1. The van der Waals surface area contributed by atoms with Gasteiger partial charge in [0.2, 0.25) is 0 Å². The number of likely N-dealkylation sites (tertiary alicyclic amines) is 1. The van der Waals surface area contributed by atoms with Gasteiger partial charge in [-0.05, 0) is 36.6 Å². The van der Waals surface area contributed by atoms with Crippen LogP contribution < -0.4 is 15.8 Å². The molecule has 2 heterocycles. The maximum atomic E-state index is 12.2. The highest BCUT2D eigenvalue weighted by molar-refractivity contribution is 6.11. The lowest BCUT2D eigenvalue weighted by molar-refractivity contribution is 0.222. The van der Waals surface area contributed by atoms with E-state index < -0.39 is 0 Å². The van der Waals surface area contributed by atoms with Crippen molar-refractivity contribution >= 4 is 29.2 Å². The number of pyridine rings is 1. The molecule has 2 aromatic rings. The lowest BCUT2D eigenvalue weighted by Crippen LogP contribution is -2.32. The number of nitrogens with two attached hydrogens (primary N) is 1. The molecule has 1 saturated heterocycles. The number of rotatable bonds is 7. The molecule has 2 amide bonds. The average molecular weight is 422 g/mol. The molecule has 0 aliphatic carbocycles.